The maximum Gasteiger partial charge on any atom is 0.263 e. The Hall–Kier alpha value is -1.68. The number of hydrogen-bond acceptors (Lipinski definition) is 3. The molecule has 0 saturated heterocycles. The SMILES string of the molecule is CC(C)C(=O)N1C(=O)c2ccccc2[C@@H]1O. The maximum absolute atomic E-state index is 11.9. The fraction of sp³-hybridized carbons (Fsp3) is 0.333. The molecule has 1 aliphatic rings. The van der Waals surface area contributed by atoms with Gasteiger partial charge < -0.3 is 5.11 Å². The lowest BCUT2D eigenvalue weighted by molar-refractivity contribution is -0.139. The van der Waals surface area contributed by atoms with Crippen LogP contribution in [0.5, 0.6) is 0 Å². The van der Waals surface area contributed by atoms with Crippen molar-refractivity contribution in [2.24, 2.45) is 5.92 Å². The van der Waals surface area contributed by atoms with Crippen LogP contribution in [0.4, 0.5) is 0 Å². The van der Waals surface area contributed by atoms with Gasteiger partial charge in [0.25, 0.3) is 5.91 Å². The highest BCUT2D eigenvalue weighted by molar-refractivity contribution is 6.08. The molecule has 1 aromatic carbocycles. The molecule has 0 aliphatic carbocycles. The highest BCUT2D eigenvalue weighted by Gasteiger charge is 2.39. The molecule has 0 unspecified atom stereocenters. The molecule has 4 nitrogen and oxygen atoms in total. The van der Waals surface area contributed by atoms with Crippen molar-refractivity contribution in [2.45, 2.75) is 20.1 Å². The van der Waals surface area contributed by atoms with Crippen LogP contribution in [-0.4, -0.2) is 21.8 Å². The fourth-order valence-electron chi connectivity index (χ4n) is 1.80. The van der Waals surface area contributed by atoms with E-state index in [1.165, 1.54) is 0 Å². The molecule has 0 bridgehead atoms. The van der Waals surface area contributed by atoms with E-state index in [-0.39, 0.29) is 11.8 Å². The van der Waals surface area contributed by atoms with Gasteiger partial charge in [-0.2, -0.15) is 0 Å². The molecule has 84 valence electrons. The molecule has 2 amide bonds. The fourth-order valence-corrected chi connectivity index (χ4v) is 1.80. The van der Waals surface area contributed by atoms with Crippen molar-refractivity contribution in [3.63, 3.8) is 0 Å². The lowest BCUT2D eigenvalue weighted by atomic mass is 10.1. The van der Waals surface area contributed by atoms with Crippen molar-refractivity contribution in [1.29, 1.82) is 0 Å². The molecule has 1 heterocycles. The van der Waals surface area contributed by atoms with Gasteiger partial charge >= 0.3 is 0 Å². The lowest BCUT2D eigenvalue weighted by Gasteiger charge is -2.20. The average molecular weight is 219 g/mol. The number of hydrogen-bond donors (Lipinski definition) is 1. The zero-order valence-corrected chi connectivity index (χ0v) is 9.18. The normalized spacial score (nSPS) is 19.1. The first-order valence-corrected chi connectivity index (χ1v) is 5.18. The number of rotatable bonds is 1. The van der Waals surface area contributed by atoms with Gasteiger partial charge in [-0.25, -0.2) is 4.90 Å². The first-order chi connectivity index (χ1) is 7.54. The van der Waals surface area contributed by atoms with E-state index >= 15 is 0 Å². The molecule has 1 aliphatic heterocycles. The number of carbonyl (C=O) groups excluding carboxylic acids is 2. The van der Waals surface area contributed by atoms with Gasteiger partial charge in [-0.3, -0.25) is 9.59 Å². The second-order valence-electron chi connectivity index (χ2n) is 4.13. The summed E-state index contributed by atoms with van der Waals surface area (Å²) in [5.74, 6) is -1.08. The zero-order chi connectivity index (χ0) is 11.9. The van der Waals surface area contributed by atoms with Crippen molar-refractivity contribution in [2.75, 3.05) is 0 Å². The quantitative estimate of drug-likeness (QED) is 0.774. The molecule has 0 saturated carbocycles. The molecule has 2 rings (SSSR count). The highest BCUT2D eigenvalue weighted by atomic mass is 16.3. The van der Waals surface area contributed by atoms with Crippen molar-refractivity contribution < 1.29 is 14.7 Å². The lowest BCUT2D eigenvalue weighted by Crippen LogP contribution is -2.37. The molecule has 0 radical (unpaired) electrons. The zero-order valence-electron chi connectivity index (χ0n) is 9.18. The Labute approximate surface area is 93.5 Å². The van der Waals surface area contributed by atoms with Crippen LogP contribution in [-0.2, 0) is 4.79 Å². The third kappa shape index (κ3) is 1.42. The van der Waals surface area contributed by atoms with Gasteiger partial charge in [-0.05, 0) is 6.07 Å². The van der Waals surface area contributed by atoms with E-state index in [0.717, 1.165) is 4.90 Å². The minimum Gasteiger partial charge on any atom is -0.369 e. The summed E-state index contributed by atoms with van der Waals surface area (Å²) in [6.07, 6.45) is -1.14. The van der Waals surface area contributed by atoms with E-state index in [1.54, 1.807) is 38.1 Å². The van der Waals surface area contributed by atoms with Gasteiger partial charge in [0.15, 0.2) is 6.23 Å². The van der Waals surface area contributed by atoms with Crippen LogP contribution in [0.3, 0.4) is 0 Å². The number of aliphatic hydroxyl groups excluding tert-OH is 1. The minimum atomic E-state index is -1.14. The number of nitrogens with zero attached hydrogens (tertiary/aromatic N) is 1. The Bertz CT molecular complexity index is 453. The van der Waals surface area contributed by atoms with Crippen molar-refractivity contribution in [3.8, 4) is 0 Å². The number of imide groups is 1. The van der Waals surface area contributed by atoms with Gasteiger partial charge in [-0.1, -0.05) is 32.0 Å². The third-order valence-corrected chi connectivity index (χ3v) is 2.66. The first-order valence-electron chi connectivity index (χ1n) is 5.18. The summed E-state index contributed by atoms with van der Waals surface area (Å²) in [4.78, 5) is 24.6. The van der Waals surface area contributed by atoms with Crippen LogP contribution < -0.4 is 0 Å². The summed E-state index contributed by atoms with van der Waals surface area (Å²) in [5.41, 5.74) is 0.908. The second-order valence-corrected chi connectivity index (χ2v) is 4.13. The molecule has 0 spiro atoms. The van der Waals surface area contributed by atoms with Crippen LogP contribution in [0.2, 0.25) is 0 Å². The smallest absolute Gasteiger partial charge is 0.263 e. The van der Waals surface area contributed by atoms with E-state index in [4.69, 9.17) is 0 Å². The summed E-state index contributed by atoms with van der Waals surface area (Å²) in [7, 11) is 0. The van der Waals surface area contributed by atoms with Gasteiger partial charge in [0.2, 0.25) is 5.91 Å². The third-order valence-electron chi connectivity index (χ3n) is 2.66. The Kier molecular flexibility index (Phi) is 2.52. The Morgan fingerprint density at radius 1 is 1.38 bits per heavy atom. The summed E-state index contributed by atoms with van der Waals surface area (Å²) in [5, 5.41) is 9.92. The molecule has 16 heavy (non-hydrogen) atoms. The Balaban J connectivity index is 2.42. The maximum atomic E-state index is 11.9. The standard InChI is InChI=1S/C12H13NO3/c1-7(2)10(14)13-11(15)8-5-3-4-6-9(8)12(13)16/h3-7,11,15H,1-2H3/t11-/m0/s1. The topological polar surface area (TPSA) is 57.6 Å². The first kappa shape index (κ1) is 10.8. The van der Waals surface area contributed by atoms with Gasteiger partial charge in [-0.15, -0.1) is 0 Å². The molecule has 0 aromatic heterocycles. The van der Waals surface area contributed by atoms with Crippen LogP contribution in [0.25, 0.3) is 0 Å². The predicted octanol–water partition coefficient (Wildman–Crippen LogP) is 1.32. The molecule has 4 heteroatoms. The molecule has 1 aromatic rings. The number of benzene rings is 1. The van der Waals surface area contributed by atoms with Crippen molar-refractivity contribution in [1.82, 2.24) is 4.90 Å². The van der Waals surface area contributed by atoms with Crippen LogP contribution in [0, 0.1) is 5.92 Å². The molecular formula is C12H13NO3. The van der Waals surface area contributed by atoms with Crippen molar-refractivity contribution in [3.05, 3.63) is 35.4 Å². The van der Waals surface area contributed by atoms with Gasteiger partial charge in [0, 0.05) is 17.0 Å². The Morgan fingerprint density at radius 3 is 2.56 bits per heavy atom. The molecule has 1 N–H and O–H groups in total. The van der Waals surface area contributed by atoms with E-state index in [9.17, 15) is 14.7 Å². The Morgan fingerprint density at radius 2 is 2.00 bits per heavy atom. The number of aliphatic hydroxyl groups is 1. The number of carbonyl (C=O) groups is 2. The number of amides is 2. The summed E-state index contributed by atoms with van der Waals surface area (Å²) in [6.45, 7) is 3.40. The van der Waals surface area contributed by atoms with Gasteiger partial charge in [0.05, 0.1) is 0 Å². The number of fused-ring (bicyclic) bond motifs is 1. The summed E-state index contributed by atoms with van der Waals surface area (Å²) in [6, 6.07) is 6.73. The van der Waals surface area contributed by atoms with Crippen molar-refractivity contribution >= 4 is 11.8 Å². The predicted molar refractivity (Wildman–Crippen MR) is 57.4 cm³/mol. The average Bonchev–Trinajstić information content (AvgIpc) is 2.52. The highest BCUT2D eigenvalue weighted by Crippen LogP contribution is 2.32. The van der Waals surface area contributed by atoms with Crippen LogP contribution in [0.15, 0.2) is 24.3 Å². The molecule has 1 atom stereocenters. The van der Waals surface area contributed by atoms with Gasteiger partial charge in [0.1, 0.15) is 0 Å². The molecular weight excluding hydrogens is 206 g/mol. The van der Waals surface area contributed by atoms with E-state index in [2.05, 4.69) is 0 Å². The van der Waals surface area contributed by atoms with E-state index in [0.29, 0.717) is 11.1 Å². The summed E-state index contributed by atoms with van der Waals surface area (Å²) >= 11 is 0. The minimum absolute atomic E-state index is 0.312. The van der Waals surface area contributed by atoms with E-state index < -0.39 is 12.1 Å². The second kappa shape index (κ2) is 3.72. The monoisotopic (exact) mass is 219 g/mol. The van der Waals surface area contributed by atoms with E-state index in [1.807, 2.05) is 0 Å². The largest absolute Gasteiger partial charge is 0.369 e. The molecule has 0 fully saturated rings. The summed E-state index contributed by atoms with van der Waals surface area (Å²) < 4.78 is 0. The van der Waals surface area contributed by atoms with Crippen LogP contribution in [0.1, 0.15) is 36.0 Å². The van der Waals surface area contributed by atoms with Crippen LogP contribution >= 0.6 is 0 Å².